The first-order chi connectivity index (χ1) is 14.2. The molecule has 0 aromatic heterocycles. The zero-order chi connectivity index (χ0) is 20.1. The number of ether oxygens (including phenoxy) is 1. The number of carbonyl (C=O) groups is 1. The van der Waals surface area contributed by atoms with Crippen molar-refractivity contribution in [1.29, 1.82) is 0 Å². The largest absolute Gasteiger partial charge is 0.497 e. The smallest absolute Gasteiger partial charge is 0.253 e. The molecule has 4 rings (SSSR count). The van der Waals surface area contributed by atoms with Gasteiger partial charge in [-0.1, -0.05) is 12.1 Å². The summed E-state index contributed by atoms with van der Waals surface area (Å²) < 4.78 is 5.23. The molecular weight excluding hydrogens is 364 g/mol. The Kier molecular flexibility index (Phi) is 6.32. The molecule has 0 saturated carbocycles. The highest BCUT2D eigenvalue weighted by molar-refractivity contribution is 5.94. The molecule has 154 valence electrons. The van der Waals surface area contributed by atoms with E-state index < -0.39 is 0 Å². The number of methoxy groups -OCH3 is 1. The number of likely N-dealkylation sites (tertiary alicyclic amines) is 1. The van der Waals surface area contributed by atoms with Crippen LogP contribution in [0.15, 0.2) is 48.5 Å². The summed E-state index contributed by atoms with van der Waals surface area (Å²) in [6, 6.07) is 16.1. The minimum atomic E-state index is 0.00754. The number of benzene rings is 2. The minimum Gasteiger partial charge on any atom is -0.497 e. The minimum absolute atomic E-state index is 0.00754. The molecule has 0 radical (unpaired) electrons. The SMILES string of the molecule is COc1ccc(C2CNC(Nc3ccc(C(=O)N4CCCCC4)cc3)NC2)cc1. The number of hydrogen-bond acceptors (Lipinski definition) is 5. The van der Waals surface area contributed by atoms with E-state index in [4.69, 9.17) is 4.74 Å². The van der Waals surface area contributed by atoms with Crippen LogP contribution < -0.4 is 20.7 Å². The summed E-state index contributed by atoms with van der Waals surface area (Å²) in [4.78, 5) is 14.6. The maximum absolute atomic E-state index is 12.6. The van der Waals surface area contributed by atoms with Crippen LogP contribution in [0.3, 0.4) is 0 Å². The Labute approximate surface area is 172 Å². The Morgan fingerprint density at radius 1 is 0.966 bits per heavy atom. The lowest BCUT2D eigenvalue weighted by atomic mass is 9.97. The average Bonchev–Trinajstić information content (AvgIpc) is 2.80. The third-order valence-electron chi connectivity index (χ3n) is 5.81. The predicted octanol–water partition coefficient (Wildman–Crippen LogP) is 2.99. The summed E-state index contributed by atoms with van der Waals surface area (Å²) in [6.45, 7) is 3.54. The predicted molar refractivity (Wildman–Crippen MR) is 115 cm³/mol. The molecule has 2 aromatic carbocycles. The van der Waals surface area contributed by atoms with Gasteiger partial charge >= 0.3 is 0 Å². The summed E-state index contributed by atoms with van der Waals surface area (Å²) in [7, 11) is 1.69. The molecule has 29 heavy (non-hydrogen) atoms. The standard InChI is InChI=1S/C23H30N4O2/c1-29-21-11-7-17(8-12-21)19-15-24-23(25-16-19)26-20-9-5-18(6-10-20)22(28)27-13-3-2-4-14-27/h5-12,19,23-26H,2-4,13-16H2,1H3. The van der Waals surface area contributed by atoms with Crippen LogP contribution in [0.2, 0.25) is 0 Å². The van der Waals surface area contributed by atoms with Gasteiger partial charge in [-0.2, -0.15) is 0 Å². The third-order valence-corrected chi connectivity index (χ3v) is 5.81. The Bertz CT molecular complexity index is 793. The normalized spacial score (nSPS) is 22.2. The van der Waals surface area contributed by atoms with Gasteiger partial charge in [0.15, 0.2) is 0 Å². The van der Waals surface area contributed by atoms with Crippen molar-refractivity contribution in [3.05, 3.63) is 59.7 Å². The molecule has 0 bridgehead atoms. The van der Waals surface area contributed by atoms with Gasteiger partial charge < -0.3 is 15.0 Å². The highest BCUT2D eigenvalue weighted by Crippen LogP contribution is 2.21. The quantitative estimate of drug-likeness (QED) is 0.728. The highest BCUT2D eigenvalue weighted by atomic mass is 16.5. The molecule has 1 amide bonds. The van der Waals surface area contributed by atoms with Crippen molar-refractivity contribution >= 4 is 11.6 Å². The molecule has 0 unspecified atom stereocenters. The number of anilines is 1. The van der Waals surface area contributed by atoms with Gasteiger partial charge in [0.05, 0.1) is 7.11 Å². The number of carbonyl (C=O) groups excluding carboxylic acids is 1. The summed E-state index contributed by atoms with van der Waals surface area (Å²) in [5.41, 5.74) is 3.06. The zero-order valence-electron chi connectivity index (χ0n) is 17.0. The Balaban J connectivity index is 1.28. The maximum atomic E-state index is 12.6. The Hall–Kier alpha value is -2.57. The van der Waals surface area contributed by atoms with E-state index >= 15 is 0 Å². The third kappa shape index (κ3) is 4.89. The van der Waals surface area contributed by atoms with Gasteiger partial charge in [0.1, 0.15) is 12.0 Å². The summed E-state index contributed by atoms with van der Waals surface area (Å²) >= 11 is 0. The highest BCUT2D eigenvalue weighted by Gasteiger charge is 2.21. The fraction of sp³-hybridized carbons (Fsp3) is 0.435. The van der Waals surface area contributed by atoms with E-state index in [2.05, 4.69) is 28.1 Å². The molecule has 2 aliphatic heterocycles. The number of piperidine rings is 1. The second-order valence-electron chi connectivity index (χ2n) is 7.79. The van der Waals surface area contributed by atoms with Crippen molar-refractivity contribution in [2.24, 2.45) is 0 Å². The maximum Gasteiger partial charge on any atom is 0.253 e. The fourth-order valence-corrected chi connectivity index (χ4v) is 4.03. The topological polar surface area (TPSA) is 65.6 Å². The molecule has 0 aliphatic carbocycles. The van der Waals surface area contributed by atoms with E-state index in [9.17, 15) is 4.79 Å². The number of rotatable bonds is 5. The van der Waals surface area contributed by atoms with Crippen molar-refractivity contribution in [1.82, 2.24) is 15.5 Å². The van der Waals surface area contributed by atoms with Crippen LogP contribution in [0.1, 0.15) is 41.1 Å². The number of amides is 1. The monoisotopic (exact) mass is 394 g/mol. The van der Waals surface area contributed by atoms with Gasteiger partial charge in [-0.25, -0.2) is 0 Å². The van der Waals surface area contributed by atoms with Crippen molar-refractivity contribution in [3.63, 3.8) is 0 Å². The molecule has 2 heterocycles. The molecule has 0 spiro atoms. The van der Waals surface area contributed by atoms with Crippen LogP contribution in [0.25, 0.3) is 0 Å². The van der Waals surface area contributed by atoms with Crippen LogP contribution in [-0.2, 0) is 0 Å². The molecule has 2 aliphatic rings. The van der Waals surface area contributed by atoms with Crippen LogP contribution in [0, 0.1) is 0 Å². The van der Waals surface area contributed by atoms with Gasteiger partial charge in [-0.05, 0) is 61.2 Å². The van der Waals surface area contributed by atoms with Crippen molar-refractivity contribution in [2.75, 3.05) is 38.6 Å². The second kappa shape index (κ2) is 9.29. The summed E-state index contributed by atoms with van der Waals surface area (Å²) in [5, 5.41) is 10.5. The van der Waals surface area contributed by atoms with E-state index in [0.717, 1.165) is 56.0 Å². The van der Waals surface area contributed by atoms with E-state index in [-0.39, 0.29) is 12.2 Å². The molecule has 0 atom stereocenters. The average molecular weight is 395 g/mol. The second-order valence-corrected chi connectivity index (χ2v) is 7.79. The molecule has 6 heteroatoms. The van der Waals surface area contributed by atoms with Crippen LogP contribution in [-0.4, -0.2) is 50.4 Å². The molecule has 2 aromatic rings. The zero-order valence-corrected chi connectivity index (χ0v) is 17.0. The molecular formula is C23H30N4O2. The lowest BCUT2D eigenvalue weighted by Gasteiger charge is -2.32. The number of nitrogens with one attached hydrogen (secondary N) is 3. The van der Waals surface area contributed by atoms with E-state index in [1.165, 1.54) is 12.0 Å². The molecule has 2 fully saturated rings. The van der Waals surface area contributed by atoms with Gasteiger partial charge in [-0.15, -0.1) is 0 Å². The molecule has 2 saturated heterocycles. The van der Waals surface area contributed by atoms with Crippen LogP contribution >= 0.6 is 0 Å². The van der Waals surface area contributed by atoms with E-state index in [0.29, 0.717) is 5.92 Å². The van der Waals surface area contributed by atoms with Crippen LogP contribution in [0.5, 0.6) is 5.75 Å². The first kappa shape index (κ1) is 19.7. The fourth-order valence-electron chi connectivity index (χ4n) is 4.03. The summed E-state index contributed by atoms with van der Waals surface area (Å²) in [6.07, 6.45) is 3.46. The Morgan fingerprint density at radius 3 is 2.24 bits per heavy atom. The van der Waals surface area contributed by atoms with Crippen molar-refractivity contribution in [3.8, 4) is 5.75 Å². The van der Waals surface area contributed by atoms with Crippen molar-refractivity contribution < 1.29 is 9.53 Å². The summed E-state index contributed by atoms with van der Waals surface area (Å²) in [5.74, 6) is 1.45. The Morgan fingerprint density at radius 2 is 1.62 bits per heavy atom. The number of hydrogen-bond donors (Lipinski definition) is 3. The first-order valence-corrected chi connectivity index (χ1v) is 10.5. The molecule has 3 N–H and O–H groups in total. The van der Waals surface area contributed by atoms with Crippen LogP contribution in [0.4, 0.5) is 5.69 Å². The van der Waals surface area contributed by atoms with Crippen molar-refractivity contribution in [2.45, 2.75) is 31.5 Å². The van der Waals surface area contributed by atoms with Gasteiger partial charge in [0.2, 0.25) is 0 Å². The van der Waals surface area contributed by atoms with E-state index in [1.807, 2.05) is 41.3 Å². The van der Waals surface area contributed by atoms with E-state index in [1.54, 1.807) is 7.11 Å². The first-order valence-electron chi connectivity index (χ1n) is 10.5. The molecule has 6 nitrogen and oxygen atoms in total. The lowest BCUT2D eigenvalue weighted by Crippen LogP contribution is -2.55. The van der Waals surface area contributed by atoms with Gasteiger partial charge in [0.25, 0.3) is 5.91 Å². The lowest BCUT2D eigenvalue weighted by molar-refractivity contribution is 0.0724. The number of nitrogens with zero attached hydrogens (tertiary/aromatic N) is 1. The van der Waals surface area contributed by atoms with Gasteiger partial charge in [-0.3, -0.25) is 15.4 Å². The van der Waals surface area contributed by atoms with Gasteiger partial charge in [0, 0.05) is 43.3 Å².